The van der Waals surface area contributed by atoms with Gasteiger partial charge in [-0.2, -0.15) is 0 Å². The Morgan fingerprint density at radius 3 is 2.62 bits per heavy atom. The number of amides is 2. The van der Waals surface area contributed by atoms with Crippen molar-refractivity contribution in [1.82, 2.24) is 4.90 Å². The van der Waals surface area contributed by atoms with Gasteiger partial charge in [0.1, 0.15) is 5.76 Å². The molecule has 0 radical (unpaired) electrons. The Balaban J connectivity index is 1.82. The second kappa shape index (κ2) is 8.62. The minimum absolute atomic E-state index is 0.00927. The first kappa shape index (κ1) is 20.8. The third-order valence-electron chi connectivity index (χ3n) is 3.99. The summed E-state index contributed by atoms with van der Waals surface area (Å²) in [6, 6.07) is 6.18. The summed E-state index contributed by atoms with van der Waals surface area (Å²) in [5.74, 6) is -0.0827. The molecule has 1 aliphatic heterocycles. The fraction of sp³-hybridized carbons (Fsp3) is 0.211. The molecule has 152 valence electrons. The summed E-state index contributed by atoms with van der Waals surface area (Å²) in [5.41, 5.74) is 0.573. The summed E-state index contributed by atoms with van der Waals surface area (Å²) in [5, 5.41) is -0.146. The molecule has 0 saturated carbocycles. The molecule has 2 aromatic rings. The van der Waals surface area contributed by atoms with Crippen molar-refractivity contribution in [3.05, 3.63) is 51.3 Å². The highest BCUT2D eigenvalue weighted by molar-refractivity contribution is 8.18. The number of furan rings is 1. The van der Waals surface area contributed by atoms with Gasteiger partial charge in [0, 0.05) is 0 Å². The number of benzene rings is 1. The Bertz CT molecular complexity index is 1010. The van der Waals surface area contributed by atoms with Crippen LogP contribution in [0.3, 0.4) is 0 Å². The first-order valence-corrected chi connectivity index (χ1v) is 9.41. The number of carbonyl (C=O) groups is 3. The van der Waals surface area contributed by atoms with Crippen LogP contribution in [-0.4, -0.2) is 43.3 Å². The monoisotopic (exact) mass is 437 g/mol. The van der Waals surface area contributed by atoms with Crippen LogP contribution < -0.4 is 9.47 Å². The summed E-state index contributed by atoms with van der Waals surface area (Å²) in [6.07, 6.45) is 1.54. The molecule has 1 aromatic carbocycles. The fourth-order valence-electron chi connectivity index (χ4n) is 2.64. The lowest BCUT2D eigenvalue weighted by atomic mass is 10.1. The Kier molecular flexibility index (Phi) is 6.19. The quantitative estimate of drug-likeness (QED) is 0.494. The average molecular weight is 438 g/mol. The van der Waals surface area contributed by atoms with Gasteiger partial charge in [0.2, 0.25) is 5.76 Å². The summed E-state index contributed by atoms with van der Waals surface area (Å²) in [7, 11) is 4.17. The van der Waals surface area contributed by atoms with E-state index in [-0.39, 0.29) is 23.0 Å². The van der Waals surface area contributed by atoms with Crippen molar-refractivity contribution in [2.45, 2.75) is 6.54 Å². The molecule has 1 aromatic heterocycles. The van der Waals surface area contributed by atoms with E-state index in [9.17, 15) is 14.4 Å². The molecule has 8 nitrogen and oxygen atoms in total. The first-order chi connectivity index (χ1) is 13.9. The maximum Gasteiger partial charge on any atom is 0.373 e. The van der Waals surface area contributed by atoms with Crippen molar-refractivity contribution in [1.29, 1.82) is 0 Å². The van der Waals surface area contributed by atoms with Gasteiger partial charge in [0.25, 0.3) is 11.1 Å². The number of thioether (sulfide) groups is 1. The van der Waals surface area contributed by atoms with Gasteiger partial charge in [-0.05, 0) is 47.7 Å². The van der Waals surface area contributed by atoms with Crippen molar-refractivity contribution in [3.63, 3.8) is 0 Å². The van der Waals surface area contributed by atoms with E-state index >= 15 is 0 Å². The Morgan fingerprint density at radius 1 is 1.21 bits per heavy atom. The zero-order valence-corrected chi connectivity index (χ0v) is 17.3. The van der Waals surface area contributed by atoms with E-state index in [4.69, 9.17) is 25.5 Å². The van der Waals surface area contributed by atoms with Crippen molar-refractivity contribution >= 4 is 46.6 Å². The molecule has 0 atom stereocenters. The molecule has 1 saturated heterocycles. The number of carbonyl (C=O) groups excluding carboxylic acids is 3. The average Bonchev–Trinajstić information content (AvgIpc) is 3.27. The third kappa shape index (κ3) is 4.25. The van der Waals surface area contributed by atoms with Gasteiger partial charge in [-0.1, -0.05) is 11.6 Å². The second-order valence-corrected chi connectivity index (χ2v) is 7.16. The van der Waals surface area contributed by atoms with Gasteiger partial charge in [-0.15, -0.1) is 0 Å². The van der Waals surface area contributed by atoms with Crippen LogP contribution in [0.4, 0.5) is 4.79 Å². The Morgan fingerprint density at radius 2 is 1.97 bits per heavy atom. The standard InChI is InChI=1S/C19H16ClNO7S/c1-25-14-7-10(6-12(20)16(14)26-2)8-15-17(22)21(19(24)29-15)9-11-4-5-13(28-11)18(23)27-3/h4-8H,9H2,1-3H3. The van der Waals surface area contributed by atoms with Crippen molar-refractivity contribution in [2.24, 2.45) is 0 Å². The zero-order chi connectivity index (χ0) is 21.1. The molecule has 0 N–H and O–H groups in total. The number of rotatable bonds is 6. The fourth-order valence-corrected chi connectivity index (χ4v) is 3.77. The van der Waals surface area contributed by atoms with Crippen LogP contribution in [0.25, 0.3) is 6.08 Å². The lowest BCUT2D eigenvalue weighted by Crippen LogP contribution is -2.27. The van der Waals surface area contributed by atoms with Crippen molar-refractivity contribution in [2.75, 3.05) is 21.3 Å². The van der Waals surface area contributed by atoms with E-state index in [1.54, 1.807) is 18.2 Å². The number of esters is 1. The molecule has 0 aliphatic carbocycles. The first-order valence-electron chi connectivity index (χ1n) is 8.21. The van der Waals surface area contributed by atoms with Crippen molar-refractivity contribution < 1.29 is 33.0 Å². The summed E-state index contributed by atoms with van der Waals surface area (Å²) in [6.45, 7) is -0.105. The molecule has 2 heterocycles. The minimum atomic E-state index is -0.643. The summed E-state index contributed by atoms with van der Waals surface area (Å²) < 4.78 is 20.3. The number of hydrogen-bond donors (Lipinski definition) is 0. The van der Waals surface area contributed by atoms with E-state index in [2.05, 4.69) is 4.74 Å². The van der Waals surface area contributed by atoms with Gasteiger partial charge >= 0.3 is 5.97 Å². The highest BCUT2D eigenvalue weighted by atomic mass is 35.5. The third-order valence-corrected chi connectivity index (χ3v) is 5.18. The number of nitrogens with zero attached hydrogens (tertiary/aromatic N) is 1. The predicted molar refractivity (Wildman–Crippen MR) is 106 cm³/mol. The van der Waals surface area contributed by atoms with Gasteiger partial charge in [0.15, 0.2) is 11.5 Å². The smallest absolute Gasteiger partial charge is 0.373 e. The van der Waals surface area contributed by atoms with Gasteiger partial charge < -0.3 is 18.6 Å². The Hall–Kier alpha value is -2.91. The number of ether oxygens (including phenoxy) is 3. The van der Waals surface area contributed by atoms with E-state index < -0.39 is 17.1 Å². The highest BCUT2D eigenvalue weighted by Crippen LogP contribution is 2.39. The van der Waals surface area contributed by atoms with Crippen molar-refractivity contribution in [3.8, 4) is 11.5 Å². The molecule has 1 fully saturated rings. The number of methoxy groups -OCH3 is 3. The maximum absolute atomic E-state index is 12.7. The molecule has 0 spiro atoms. The second-order valence-electron chi connectivity index (χ2n) is 5.76. The Labute approximate surface area is 175 Å². The van der Waals surface area contributed by atoms with Crippen LogP contribution in [0.1, 0.15) is 21.9 Å². The normalized spacial score (nSPS) is 15.2. The minimum Gasteiger partial charge on any atom is -0.493 e. The summed E-state index contributed by atoms with van der Waals surface area (Å²) >= 11 is 6.98. The molecular formula is C19H16ClNO7S. The van der Waals surface area contributed by atoms with E-state index in [1.807, 2.05) is 0 Å². The molecule has 3 rings (SSSR count). The number of halogens is 1. The molecule has 0 unspecified atom stereocenters. The predicted octanol–water partition coefficient (Wildman–Crippen LogP) is 3.97. The van der Waals surface area contributed by atoms with Crippen LogP contribution in [0.5, 0.6) is 11.5 Å². The summed E-state index contributed by atoms with van der Waals surface area (Å²) in [4.78, 5) is 37.7. The lowest BCUT2D eigenvalue weighted by molar-refractivity contribution is -0.123. The van der Waals surface area contributed by atoms with Crippen LogP contribution in [0, 0.1) is 0 Å². The molecule has 0 bridgehead atoms. The van der Waals surface area contributed by atoms with Gasteiger partial charge in [-0.3, -0.25) is 14.5 Å². The largest absolute Gasteiger partial charge is 0.493 e. The van der Waals surface area contributed by atoms with E-state index in [0.717, 1.165) is 16.7 Å². The van der Waals surface area contributed by atoms with Gasteiger partial charge in [0.05, 0.1) is 37.8 Å². The van der Waals surface area contributed by atoms with Gasteiger partial charge in [-0.25, -0.2) is 4.79 Å². The number of hydrogen-bond acceptors (Lipinski definition) is 8. The number of imide groups is 1. The zero-order valence-electron chi connectivity index (χ0n) is 15.7. The molecule has 10 heteroatoms. The van der Waals surface area contributed by atoms with Crippen LogP contribution in [0.15, 0.2) is 33.6 Å². The van der Waals surface area contributed by atoms with Crippen LogP contribution in [0.2, 0.25) is 5.02 Å². The molecular weight excluding hydrogens is 422 g/mol. The molecule has 2 amide bonds. The van der Waals surface area contributed by atoms with Crippen LogP contribution in [-0.2, 0) is 16.1 Å². The highest BCUT2D eigenvalue weighted by Gasteiger charge is 2.36. The SMILES string of the molecule is COC(=O)c1ccc(CN2C(=O)SC(=Cc3cc(Cl)c(OC)c(OC)c3)C2=O)o1. The molecule has 1 aliphatic rings. The molecule has 29 heavy (non-hydrogen) atoms. The topological polar surface area (TPSA) is 95.3 Å². The van der Waals surface area contributed by atoms with E-state index in [0.29, 0.717) is 22.1 Å². The lowest BCUT2D eigenvalue weighted by Gasteiger charge is -2.11. The van der Waals surface area contributed by atoms with Crippen LogP contribution >= 0.6 is 23.4 Å². The maximum atomic E-state index is 12.7. The van der Waals surface area contributed by atoms with E-state index in [1.165, 1.54) is 33.5 Å².